The molecule has 0 fully saturated rings. The first-order chi connectivity index (χ1) is 16.8. The van der Waals surface area contributed by atoms with Crippen LogP contribution in [0.3, 0.4) is 0 Å². The third-order valence-electron chi connectivity index (χ3n) is 5.67. The Labute approximate surface area is 203 Å². The van der Waals surface area contributed by atoms with Crippen molar-refractivity contribution in [1.29, 1.82) is 0 Å². The molecule has 0 saturated carbocycles. The van der Waals surface area contributed by atoms with Gasteiger partial charge in [0.15, 0.2) is 11.5 Å². The first-order valence-corrected chi connectivity index (χ1v) is 12.3. The van der Waals surface area contributed by atoms with E-state index in [1.165, 1.54) is 30.7 Å². The van der Waals surface area contributed by atoms with Crippen molar-refractivity contribution in [2.45, 2.75) is 18.0 Å². The fourth-order valence-corrected chi connectivity index (χ4v) is 5.21. The van der Waals surface area contributed by atoms with Crippen molar-refractivity contribution in [3.05, 3.63) is 94.3 Å². The SMILES string of the molecule is COc1ccc(CN(Cc2cc3cc(OC)c(OC)cc3[nH]c2=O)S(=O)(=O)c2ccccc2)cc1. The summed E-state index contributed by atoms with van der Waals surface area (Å²) in [6.07, 6.45) is 0. The summed E-state index contributed by atoms with van der Waals surface area (Å²) in [5.74, 6) is 1.66. The minimum atomic E-state index is -3.90. The number of H-pyrrole nitrogens is 1. The van der Waals surface area contributed by atoms with E-state index >= 15 is 0 Å². The van der Waals surface area contributed by atoms with Crippen LogP contribution in [0.15, 0.2) is 82.5 Å². The quantitative estimate of drug-likeness (QED) is 0.378. The molecule has 1 heterocycles. The number of hydrogen-bond acceptors (Lipinski definition) is 6. The van der Waals surface area contributed by atoms with Crippen LogP contribution in [0.5, 0.6) is 17.2 Å². The van der Waals surface area contributed by atoms with Crippen LogP contribution < -0.4 is 19.8 Å². The number of pyridine rings is 1. The number of nitrogens with one attached hydrogen (secondary N) is 1. The number of methoxy groups -OCH3 is 3. The summed E-state index contributed by atoms with van der Waals surface area (Å²) in [6.45, 7) is -0.0481. The molecule has 4 aromatic rings. The van der Waals surface area contributed by atoms with E-state index in [0.717, 1.165) is 5.56 Å². The van der Waals surface area contributed by atoms with Crippen LogP contribution in [0.4, 0.5) is 0 Å². The van der Waals surface area contributed by atoms with E-state index in [-0.39, 0.29) is 23.5 Å². The number of sulfonamides is 1. The zero-order valence-corrected chi connectivity index (χ0v) is 20.5. The molecule has 0 aliphatic rings. The molecule has 3 aromatic carbocycles. The molecule has 0 atom stereocenters. The van der Waals surface area contributed by atoms with E-state index in [0.29, 0.717) is 33.7 Å². The summed E-state index contributed by atoms with van der Waals surface area (Å²) >= 11 is 0. The second-order valence-electron chi connectivity index (χ2n) is 7.85. The molecule has 9 heteroatoms. The van der Waals surface area contributed by atoms with Gasteiger partial charge in [0.1, 0.15) is 5.75 Å². The Morgan fingerprint density at radius 2 is 1.46 bits per heavy atom. The highest BCUT2D eigenvalue weighted by atomic mass is 32.2. The minimum Gasteiger partial charge on any atom is -0.497 e. The zero-order chi connectivity index (χ0) is 25.0. The number of aromatic nitrogens is 1. The van der Waals surface area contributed by atoms with Crippen molar-refractivity contribution >= 4 is 20.9 Å². The fourth-order valence-electron chi connectivity index (χ4n) is 3.79. The fraction of sp³-hybridized carbons (Fsp3) is 0.192. The van der Waals surface area contributed by atoms with Crippen LogP contribution in [-0.4, -0.2) is 39.0 Å². The van der Waals surface area contributed by atoms with Crippen molar-refractivity contribution in [3.63, 3.8) is 0 Å². The molecule has 1 aromatic heterocycles. The van der Waals surface area contributed by atoms with Crippen LogP contribution in [0.2, 0.25) is 0 Å². The lowest BCUT2D eigenvalue weighted by Crippen LogP contribution is -2.32. The number of nitrogens with zero attached hydrogens (tertiary/aromatic N) is 1. The Bertz CT molecular complexity index is 1480. The maximum Gasteiger partial charge on any atom is 0.252 e. The highest BCUT2D eigenvalue weighted by Gasteiger charge is 2.26. The molecule has 0 unspecified atom stereocenters. The van der Waals surface area contributed by atoms with Crippen LogP contribution in [0.25, 0.3) is 10.9 Å². The van der Waals surface area contributed by atoms with Crippen LogP contribution in [0.1, 0.15) is 11.1 Å². The third-order valence-corrected chi connectivity index (χ3v) is 7.48. The number of aromatic amines is 1. The van der Waals surface area contributed by atoms with Crippen molar-refractivity contribution in [2.75, 3.05) is 21.3 Å². The summed E-state index contributed by atoms with van der Waals surface area (Å²) < 4.78 is 44.3. The average molecular weight is 495 g/mol. The highest BCUT2D eigenvalue weighted by molar-refractivity contribution is 7.89. The van der Waals surface area contributed by atoms with Gasteiger partial charge in [-0.05, 0) is 42.0 Å². The Kier molecular flexibility index (Phi) is 7.09. The van der Waals surface area contributed by atoms with Crippen LogP contribution in [0, 0.1) is 0 Å². The van der Waals surface area contributed by atoms with E-state index in [2.05, 4.69) is 4.98 Å². The van der Waals surface area contributed by atoms with Gasteiger partial charge in [-0.2, -0.15) is 4.31 Å². The number of hydrogen-bond donors (Lipinski definition) is 1. The van der Waals surface area contributed by atoms with E-state index in [9.17, 15) is 13.2 Å². The van der Waals surface area contributed by atoms with Gasteiger partial charge < -0.3 is 19.2 Å². The van der Waals surface area contributed by atoms with Crippen molar-refractivity contribution < 1.29 is 22.6 Å². The van der Waals surface area contributed by atoms with Gasteiger partial charge >= 0.3 is 0 Å². The molecule has 1 N–H and O–H groups in total. The predicted octanol–water partition coefficient (Wildman–Crippen LogP) is 3.95. The molecule has 0 amide bonds. The van der Waals surface area contributed by atoms with Crippen LogP contribution >= 0.6 is 0 Å². The topological polar surface area (TPSA) is 97.9 Å². The minimum absolute atomic E-state index is 0.0740. The third kappa shape index (κ3) is 5.16. The van der Waals surface area contributed by atoms with Crippen molar-refractivity contribution in [1.82, 2.24) is 9.29 Å². The molecule has 8 nitrogen and oxygen atoms in total. The molecule has 0 bridgehead atoms. The summed E-state index contributed by atoms with van der Waals surface area (Å²) in [4.78, 5) is 15.9. The lowest BCUT2D eigenvalue weighted by Gasteiger charge is -2.22. The molecule has 0 radical (unpaired) electrons. The second-order valence-corrected chi connectivity index (χ2v) is 9.79. The van der Waals surface area contributed by atoms with Gasteiger partial charge in [0, 0.05) is 30.1 Å². The molecule has 0 aliphatic carbocycles. The summed E-state index contributed by atoms with van der Waals surface area (Å²) in [5, 5.41) is 0.693. The second kappa shape index (κ2) is 10.2. The molecule has 4 rings (SSSR count). The monoisotopic (exact) mass is 494 g/mol. The van der Waals surface area contributed by atoms with Gasteiger partial charge in [-0.1, -0.05) is 30.3 Å². The first-order valence-electron chi connectivity index (χ1n) is 10.8. The molecule has 0 aliphatic heterocycles. The van der Waals surface area contributed by atoms with E-state index in [1.807, 2.05) is 0 Å². The Hall–Kier alpha value is -3.82. The average Bonchev–Trinajstić information content (AvgIpc) is 2.88. The Morgan fingerprint density at radius 1 is 0.800 bits per heavy atom. The molecular weight excluding hydrogens is 468 g/mol. The van der Waals surface area contributed by atoms with E-state index in [1.54, 1.807) is 67.8 Å². The number of ether oxygens (including phenoxy) is 3. The van der Waals surface area contributed by atoms with Gasteiger partial charge in [0.2, 0.25) is 10.0 Å². The number of fused-ring (bicyclic) bond motifs is 1. The van der Waals surface area contributed by atoms with E-state index < -0.39 is 10.0 Å². The van der Waals surface area contributed by atoms with Gasteiger partial charge in [-0.15, -0.1) is 0 Å². The number of rotatable bonds is 9. The van der Waals surface area contributed by atoms with E-state index in [4.69, 9.17) is 14.2 Å². The lowest BCUT2D eigenvalue weighted by molar-refractivity contribution is 0.355. The smallest absolute Gasteiger partial charge is 0.252 e. The van der Waals surface area contributed by atoms with Crippen molar-refractivity contribution in [2.24, 2.45) is 0 Å². The van der Waals surface area contributed by atoms with Gasteiger partial charge in [-0.25, -0.2) is 8.42 Å². The Balaban J connectivity index is 1.77. The molecule has 182 valence electrons. The number of benzene rings is 3. The lowest BCUT2D eigenvalue weighted by atomic mass is 10.1. The van der Waals surface area contributed by atoms with Gasteiger partial charge in [-0.3, -0.25) is 4.79 Å². The normalized spacial score (nSPS) is 11.5. The van der Waals surface area contributed by atoms with Crippen molar-refractivity contribution in [3.8, 4) is 17.2 Å². The molecular formula is C26H26N2O6S. The van der Waals surface area contributed by atoms with Gasteiger partial charge in [0.25, 0.3) is 5.56 Å². The Morgan fingerprint density at radius 3 is 2.09 bits per heavy atom. The summed E-state index contributed by atoms with van der Waals surface area (Å²) in [7, 11) is 0.708. The maximum atomic E-state index is 13.6. The first kappa shape index (κ1) is 24.3. The summed E-state index contributed by atoms with van der Waals surface area (Å²) in [6, 6.07) is 20.4. The molecule has 0 spiro atoms. The zero-order valence-electron chi connectivity index (χ0n) is 19.6. The predicted molar refractivity (Wildman–Crippen MR) is 134 cm³/mol. The standard InChI is InChI=1S/C26H26N2O6S/c1-32-21-11-9-18(10-12-21)16-28(35(30,31)22-7-5-4-6-8-22)17-20-13-19-14-24(33-2)25(34-3)15-23(19)27-26(20)29/h4-15H,16-17H2,1-3H3,(H,27,29). The molecule has 0 saturated heterocycles. The van der Waals surface area contributed by atoms with Crippen LogP contribution in [-0.2, 0) is 23.1 Å². The largest absolute Gasteiger partial charge is 0.497 e. The maximum absolute atomic E-state index is 13.6. The highest BCUT2D eigenvalue weighted by Crippen LogP contribution is 2.31. The molecule has 35 heavy (non-hydrogen) atoms. The summed E-state index contributed by atoms with van der Waals surface area (Å²) in [5.41, 5.74) is 1.24. The van der Waals surface area contributed by atoms with Gasteiger partial charge in [0.05, 0.1) is 31.7 Å².